The second-order valence-corrected chi connectivity index (χ2v) is 8.61. The second kappa shape index (κ2) is 10.3. The van der Waals surface area contributed by atoms with Crippen molar-refractivity contribution in [2.24, 2.45) is 10.9 Å². The van der Waals surface area contributed by atoms with Gasteiger partial charge >= 0.3 is 0 Å². The fourth-order valence-electron chi connectivity index (χ4n) is 4.13. The van der Waals surface area contributed by atoms with E-state index in [2.05, 4.69) is 46.2 Å². The van der Waals surface area contributed by atoms with Gasteiger partial charge in [0, 0.05) is 51.0 Å². The molecule has 2 N–H and O–H groups in total. The van der Waals surface area contributed by atoms with Crippen molar-refractivity contribution in [1.29, 1.82) is 0 Å². The number of nitrogens with one attached hydrogen (secondary N) is 2. The molecule has 1 aromatic heterocycles. The van der Waals surface area contributed by atoms with Crippen molar-refractivity contribution in [3.8, 4) is 0 Å². The van der Waals surface area contributed by atoms with Crippen LogP contribution in [0.3, 0.4) is 0 Å². The molecule has 3 heterocycles. The zero-order chi connectivity index (χ0) is 19.9. The van der Waals surface area contributed by atoms with E-state index < -0.39 is 0 Å². The molecule has 0 amide bonds. The normalized spacial score (nSPS) is 24.0. The third-order valence-corrected chi connectivity index (χ3v) is 6.00. The lowest BCUT2D eigenvalue weighted by molar-refractivity contribution is 0.143. The van der Waals surface area contributed by atoms with Crippen molar-refractivity contribution in [2.45, 2.75) is 52.1 Å². The first kappa shape index (κ1) is 21.2. The number of piperidine rings is 1. The quantitative estimate of drug-likeness (QED) is 0.561. The summed E-state index contributed by atoms with van der Waals surface area (Å²) in [7, 11) is 0. The Morgan fingerprint density at radius 1 is 1.32 bits per heavy atom. The molecule has 28 heavy (non-hydrogen) atoms. The molecule has 7 heteroatoms. The molecule has 2 aliphatic rings. The highest BCUT2D eigenvalue weighted by Gasteiger charge is 2.26. The van der Waals surface area contributed by atoms with Gasteiger partial charge in [-0.15, -0.1) is 0 Å². The Morgan fingerprint density at radius 3 is 2.93 bits per heavy atom. The smallest absolute Gasteiger partial charge is 0.191 e. The average Bonchev–Trinajstić information content (AvgIpc) is 3.15. The van der Waals surface area contributed by atoms with E-state index in [-0.39, 0.29) is 0 Å². The van der Waals surface area contributed by atoms with Crippen molar-refractivity contribution in [2.75, 3.05) is 44.2 Å². The van der Waals surface area contributed by atoms with Gasteiger partial charge in [0.25, 0.3) is 0 Å². The number of rotatable bonds is 6. The molecule has 6 nitrogen and oxygen atoms in total. The molecule has 2 unspecified atom stereocenters. The first-order chi connectivity index (χ1) is 13.6. The monoisotopic (exact) mass is 406 g/mol. The fourth-order valence-corrected chi connectivity index (χ4v) is 4.37. The summed E-state index contributed by atoms with van der Waals surface area (Å²) in [4.78, 5) is 14.2. The molecule has 2 aliphatic heterocycles. The lowest BCUT2D eigenvalue weighted by atomic mass is 9.97. The summed E-state index contributed by atoms with van der Waals surface area (Å²) in [6.45, 7) is 12.7. The summed E-state index contributed by atoms with van der Waals surface area (Å²) in [5.74, 6) is 2.47. The van der Waals surface area contributed by atoms with Gasteiger partial charge in [0.2, 0.25) is 0 Å². The molecule has 1 aromatic rings. The maximum absolute atomic E-state index is 6.31. The Hall–Kier alpha value is -1.53. The minimum absolute atomic E-state index is 0.356. The number of guanidine groups is 1. The summed E-state index contributed by atoms with van der Waals surface area (Å²) in [5.41, 5.74) is 0. The Morgan fingerprint density at radius 2 is 2.18 bits per heavy atom. The number of hydrogen-bond acceptors (Lipinski definition) is 4. The van der Waals surface area contributed by atoms with Crippen molar-refractivity contribution >= 4 is 23.4 Å². The Balaban J connectivity index is 1.54. The van der Waals surface area contributed by atoms with Crippen LogP contribution in [0.2, 0.25) is 5.02 Å². The summed E-state index contributed by atoms with van der Waals surface area (Å²) < 4.78 is 0. The number of nitrogens with zero attached hydrogens (tertiary/aromatic N) is 4. The highest BCUT2D eigenvalue weighted by molar-refractivity contribution is 6.32. The second-order valence-electron chi connectivity index (χ2n) is 8.20. The van der Waals surface area contributed by atoms with E-state index in [9.17, 15) is 0 Å². The van der Waals surface area contributed by atoms with E-state index in [0.717, 1.165) is 55.9 Å². The molecule has 2 saturated heterocycles. The van der Waals surface area contributed by atoms with Gasteiger partial charge in [-0.1, -0.05) is 11.6 Å². The molecule has 0 radical (unpaired) electrons. The molecule has 0 aliphatic carbocycles. The molecule has 3 rings (SSSR count). The lowest BCUT2D eigenvalue weighted by Gasteiger charge is -2.35. The summed E-state index contributed by atoms with van der Waals surface area (Å²) in [5, 5.41) is 7.75. The van der Waals surface area contributed by atoms with Gasteiger partial charge in [-0.2, -0.15) is 0 Å². The third-order valence-electron chi connectivity index (χ3n) is 5.70. The molecule has 2 atom stereocenters. The van der Waals surface area contributed by atoms with Crippen molar-refractivity contribution < 1.29 is 0 Å². The highest BCUT2D eigenvalue weighted by Crippen LogP contribution is 2.25. The number of aliphatic imine (C=N–C) groups is 1. The molecule has 0 saturated carbocycles. The first-order valence-electron chi connectivity index (χ1n) is 10.7. The molecule has 156 valence electrons. The van der Waals surface area contributed by atoms with E-state index in [4.69, 9.17) is 16.6 Å². The van der Waals surface area contributed by atoms with Gasteiger partial charge in [-0.05, 0) is 64.6 Å². The third kappa shape index (κ3) is 5.74. The van der Waals surface area contributed by atoms with Crippen LogP contribution in [0.5, 0.6) is 0 Å². The maximum atomic E-state index is 6.31. The van der Waals surface area contributed by atoms with Crippen LogP contribution in [0.4, 0.5) is 5.82 Å². The molecule has 2 fully saturated rings. The highest BCUT2D eigenvalue weighted by atomic mass is 35.5. The van der Waals surface area contributed by atoms with Gasteiger partial charge in [-0.25, -0.2) is 4.98 Å². The average molecular weight is 407 g/mol. The van der Waals surface area contributed by atoms with Gasteiger partial charge in [0.1, 0.15) is 5.82 Å². The van der Waals surface area contributed by atoms with Crippen LogP contribution >= 0.6 is 11.6 Å². The predicted octanol–water partition coefficient (Wildman–Crippen LogP) is 2.99. The van der Waals surface area contributed by atoms with Crippen molar-refractivity contribution in [3.05, 3.63) is 23.4 Å². The van der Waals surface area contributed by atoms with Crippen LogP contribution in [0.1, 0.15) is 40.0 Å². The minimum Gasteiger partial charge on any atom is -0.357 e. The number of anilines is 1. The fraction of sp³-hybridized carbons (Fsp3) is 0.714. The van der Waals surface area contributed by atoms with Gasteiger partial charge < -0.3 is 20.4 Å². The summed E-state index contributed by atoms with van der Waals surface area (Å²) in [6.07, 6.45) is 5.42. The predicted molar refractivity (Wildman–Crippen MR) is 118 cm³/mol. The molecular weight excluding hydrogens is 372 g/mol. The molecule has 0 bridgehead atoms. The van der Waals surface area contributed by atoms with Crippen LogP contribution in [-0.4, -0.2) is 67.2 Å². The summed E-state index contributed by atoms with van der Waals surface area (Å²) in [6, 6.07) is 4.76. The van der Waals surface area contributed by atoms with E-state index in [1.54, 1.807) is 6.20 Å². The number of pyridine rings is 1. The Kier molecular flexibility index (Phi) is 7.80. The largest absolute Gasteiger partial charge is 0.357 e. The van der Waals surface area contributed by atoms with Crippen molar-refractivity contribution in [1.82, 2.24) is 20.5 Å². The zero-order valence-electron chi connectivity index (χ0n) is 17.5. The van der Waals surface area contributed by atoms with Gasteiger partial charge in [0.15, 0.2) is 5.96 Å². The summed E-state index contributed by atoms with van der Waals surface area (Å²) >= 11 is 6.31. The molecular formula is C21H35ClN6. The number of halogens is 1. The van der Waals surface area contributed by atoms with Crippen molar-refractivity contribution in [3.63, 3.8) is 0 Å². The Bertz CT molecular complexity index is 650. The van der Waals surface area contributed by atoms with E-state index in [0.29, 0.717) is 18.0 Å². The van der Waals surface area contributed by atoms with Crippen LogP contribution in [0.15, 0.2) is 23.3 Å². The van der Waals surface area contributed by atoms with Crippen LogP contribution < -0.4 is 15.5 Å². The van der Waals surface area contributed by atoms with Gasteiger partial charge in [-0.3, -0.25) is 4.99 Å². The Labute approximate surface area is 174 Å². The SMILES string of the molecule is CCNC(=NCC1CCCN(C(C)C)C1)NC1CCN(c2ncccc2Cl)C1. The topological polar surface area (TPSA) is 55.8 Å². The van der Waals surface area contributed by atoms with E-state index in [1.165, 1.54) is 19.4 Å². The van der Waals surface area contributed by atoms with Crippen LogP contribution in [-0.2, 0) is 0 Å². The van der Waals surface area contributed by atoms with E-state index >= 15 is 0 Å². The van der Waals surface area contributed by atoms with Crippen LogP contribution in [0, 0.1) is 5.92 Å². The maximum Gasteiger partial charge on any atom is 0.191 e. The van der Waals surface area contributed by atoms with E-state index in [1.807, 2.05) is 12.1 Å². The number of aromatic nitrogens is 1. The minimum atomic E-state index is 0.356. The first-order valence-corrected chi connectivity index (χ1v) is 11.1. The number of hydrogen-bond donors (Lipinski definition) is 2. The standard InChI is InChI=1S/C21H35ClN6/c1-4-23-21(25-13-17-7-6-11-27(14-17)16(2)3)26-18-9-12-28(15-18)20-19(22)8-5-10-24-20/h5,8,10,16-18H,4,6-7,9,11-15H2,1-3H3,(H2,23,25,26). The van der Waals surface area contributed by atoms with Crippen LogP contribution in [0.25, 0.3) is 0 Å². The molecule has 0 aromatic carbocycles. The van der Waals surface area contributed by atoms with Gasteiger partial charge in [0.05, 0.1) is 5.02 Å². The number of likely N-dealkylation sites (tertiary alicyclic amines) is 1. The molecule has 0 spiro atoms. The lowest BCUT2D eigenvalue weighted by Crippen LogP contribution is -2.45. The zero-order valence-corrected chi connectivity index (χ0v) is 18.3.